The highest BCUT2D eigenvalue weighted by Crippen LogP contribution is 2.34. The largest absolute Gasteiger partial charge is 0.490 e. The van der Waals surface area contributed by atoms with Crippen molar-refractivity contribution in [2.45, 2.75) is 26.1 Å². The molecule has 10 heteroatoms. The number of aliphatic hydroxyl groups is 2. The van der Waals surface area contributed by atoms with Crippen LogP contribution in [0.1, 0.15) is 25.5 Å². The molecule has 1 rings (SSSR count). The van der Waals surface area contributed by atoms with Crippen LogP contribution in [0.25, 0.3) is 0 Å². The minimum absolute atomic E-state index is 0.0583. The minimum atomic E-state index is -1.96. The molecule has 0 fully saturated rings. The van der Waals surface area contributed by atoms with E-state index in [1.807, 2.05) is 0 Å². The average molecular weight is 436 g/mol. The monoisotopic (exact) mass is 435 g/mol. The molecule has 0 heterocycles. The molecule has 0 amide bonds. The predicted octanol–water partition coefficient (Wildman–Crippen LogP) is 0.767. The Bertz CT molecular complexity index is 637. The number of carbonyl (C=O) groups is 2. The van der Waals surface area contributed by atoms with E-state index in [0.29, 0.717) is 15.8 Å². The van der Waals surface area contributed by atoms with Crippen LogP contribution in [0.2, 0.25) is 0 Å². The zero-order valence-electron chi connectivity index (χ0n) is 14.3. The van der Waals surface area contributed by atoms with Crippen molar-refractivity contribution in [2.75, 3.05) is 19.8 Å². The molecule has 1 aromatic rings. The molecule has 0 unspecified atom stereocenters. The molecule has 0 spiro atoms. The number of carboxylic acid groups (broad SMARTS) is 1. The Kier molecular flexibility index (Phi) is 8.44. The number of ether oxygens (including phenoxy) is 1. The fraction of sp³-hybridized carbons (Fsp3) is 0.500. The molecule has 146 valence electrons. The van der Waals surface area contributed by atoms with Gasteiger partial charge in [0.15, 0.2) is 6.10 Å². The number of halogens is 1. The first-order valence-corrected chi connectivity index (χ1v) is 8.46. The van der Waals surface area contributed by atoms with Crippen LogP contribution < -0.4 is 10.5 Å². The molecule has 0 aliphatic carbocycles. The van der Waals surface area contributed by atoms with Gasteiger partial charge in [0.25, 0.3) is 0 Å². The van der Waals surface area contributed by atoms with Crippen LogP contribution in [-0.4, -0.2) is 53.1 Å². The van der Waals surface area contributed by atoms with Gasteiger partial charge in [0.05, 0.1) is 11.1 Å². The predicted molar refractivity (Wildman–Crippen MR) is 93.1 cm³/mol. The Morgan fingerprint density at radius 3 is 2.54 bits per heavy atom. The van der Waals surface area contributed by atoms with Gasteiger partial charge in [0.2, 0.25) is 0 Å². The van der Waals surface area contributed by atoms with E-state index < -0.39 is 29.6 Å². The molecular formula is C16H22BrNO8. The molecule has 1 aromatic carbocycles. The standard InChI is InChI=1S/C16H22BrNO8/c1-16(2,13(20)14(21)22)15(23)26-25-11(8-18)9-4-3-5-10(12(9)17)24-7-6-19/h3-5,11,13,19-20H,6-8,18H2,1-2H3,(H,21,22)/t11-,13+/m1/s1. The highest BCUT2D eigenvalue weighted by atomic mass is 79.9. The smallest absolute Gasteiger partial charge is 0.351 e. The third kappa shape index (κ3) is 5.39. The lowest BCUT2D eigenvalue weighted by Crippen LogP contribution is -2.43. The normalized spacial score (nSPS) is 13.8. The van der Waals surface area contributed by atoms with Gasteiger partial charge in [0.1, 0.15) is 23.9 Å². The van der Waals surface area contributed by atoms with Gasteiger partial charge in [-0.15, -0.1) is 0 Å². The summed E-state index contributed by atoms with van der Waals surface area (Å²) in [5.74, 6) is -2.18. The van der Waals surface area contributed by atoms with Crippen molar-refractivity contribution in [1.82, 2.24) is 0 Å². The van der Waals surface area contributed by atoms with Crippen molar-refractivity contribution in [2.24, 2.45) is 11.1 Å². The summed E-state index contributed by atoms with van der Waals surface area (Å²) in [5.41, 5.74) is 4.46. The quantitative estimate of drug-likeness (QED) is 0.308. The summed E-state index contributed by atoms with van der Waals surface area (Å²) in [6, 6.07) is 4.99. The second-order valence-corrected chi connectivity index (χ2v) is 6.68. The Hall–Kier alpha value is -1.72. The Morgan fingerprint density at radius 2 is 2.00 bits per heavy atom. The van der Waals surface area contributed by atoms with Gasteiger partial charge >= 0.3 is 11.9 Å². The van der Waals surface area contributed by atoms with E-state index in [-0.39, 0.29) is 19.8 Å². The maximum absolute atomic E-state index is 12.1. The number of rotatable bonds is 10. The van der Waals surface area contributed by atoms with Crippen LogP contribution >= 0.6 is 15.9 Å². The third-order valence-corrected chi connectivity index (χ3v) is 4.44. The fourth-order valence-corrected chi connectivity index (χ4v) is 2.53. The maximum Gasteiger partial charge on any atom is 0.351 e. The van der Waals surface area contributed by atoms with Crippen LogP contribution in [0.3, 0.4) is 0 Å². The molecule has 26 heavy (non-hydrogen) atoms. The summed E-state index contributed by atoms with van der Waals surface area (Å²) in [7, 11) is 0. The lowest BCUT2D eigenvalue weighted by molar-refractivity contribution is -0.307. The van der Waals surface area contributed by atoms with Crippen LogP contribution in [-0.2, 0) is 19.4 Å². The van der Waals surface area contributed by atoms with E-state index in [4.69, 9.17) is 30.5 Å². The second kappa shape index (κ2) is 9.83. The minimum Gasteiger partial charge on any atom is -0.490 e. The number of aliphatic hydroxyl groups excluding tert-OH is 2. The zero-order chi connectivity index (χ0) is 19.9. The Balaban J connectivity index is 2.88. The summed E-state index contributed by atoms with van der Waals surface area (Å²) in [6.45, 7) is 2.30. The van der Waals surface area contributed by atoms with Crippen molar-refractivity contribution in [3.8, 4) is 5.75 Å². The van der Waals surface area contributed by atoms with Gasteiger partial charge in [0, 0.05) is 12.1 Å². The number of carbonyl (C=O) groups excluding carboxylic acids is 1. The first-order chi connectivity index (χ1) is 12.2. The first kappa shape index (κ1) is 22.3. The van der Waals surface area contributed by atoms with Crippen molar-refractivity contribution in [3.05, 3.63) is 28.2 Å². The van der Waals surface area contributed by atoms with Crippen LogP contribution in [0.5, 0.6) is 5.75 Å². The molecule has 2 atom stereocenters. The van der Waals surface area contributed by atoms with E-state index >= 15 is 0 Å². The number of carboxylic acids is 1. The van der Waals surface area contributed by atoms with E-state index in [1.54, 1.807) is 18.2 Å². The lowest BCUT2D eigenvalue weighted by Gasteiger charge is -2.25. The van der Waals surface area contributed by atoms with Crippen molar-refractivity contribution in [3.63, 3.8) is 0 Å². The Morgan fingerprint density at radius 1 is 1.35 bits per heavy atom. The lowest BCUT2D eigenvalue weighted by atomic mass is 9.87. The molecule has 0 bridgehead atoms. The molecular weight excluding hydrogens is 414 g/mol. The van der Waals surface area contributed by atoms with Gasteiger partial charge in [-0.3, -0.25) is 4.89 Å². The van der Waals surface area contributed by atoms with Crippen molar-refractivity contribution < 1.29 is 39.4 Å². The number of nitrogens with two attached hydrogens (primary N) is 1. The molecule has 0 radical (unpaired) electrons. The van der Waals surface area contributed by atoms with Gasteiger partial charge < -0.3 is 25.8 Å². The second-order valence-electron chi connectivity index (χ2n) is 5.89. The molecule has 0 saturated carbocycles. The van der Waals surface area contributed by atoms with Gasteiger partial charge in [-0.2, -0.15) is 4.89 Å². The van der Waals surface area contributed by atoms with Crippen LogP contribution in [0, 0.1) is 5.41 Å². The van der Waals surface area contributed by atoms with Crippen molar-refractivity contribution in [1.29, 1.82) is 0 Å². The fourth-order valence-electron chi connectivity index (χ4n) is 1.89. The molecule has 5 N–H and O–H groups in total. The number of hydrogen-bond donors (Lipinski definition) is 4. The molecule has 0 aromatic heterocycles. The van der Waals surface area contributed by atoms with Crippen LogP contribution in [0.4, 0.5) is 0 Å². The highest BCUT2D eigenvalue weighted by molar-refractivity contribution is 9.10. The zero-order valence-corrected chi connectivity index (χ0v) is 15.9. The summed E-state index contributed by atoms with van der Waals surface area (Å²) in [5, 5.41) is 27.3. The Labute approximate surface area is 158 Å². The molecule has 9 nitrogen and oxygen atoms in total. The van der Waals surface area contributed by atoms with E-state index in [1.165, 1.54) is 13.8 Å². The SMILES string of the molecule is CC(C)(C(=O)OO[C@H](CN)c1cccc(OCCO)c1Br)[C@@H](O)C(=O)O. The van der Waals surface area contributed by atoms with E-state index in [2.05, 4.69) is 15.9 Å². The first-order valence-electron chi connectivity index (χ1n) is 7.67. The average Bonchev–Trinajstić information content (AvgIpc) is 2.61. The molecule has 0 saturated heterocycles. The summed E-state index contributed by atoms with van der Waals surface area (Å²) < 4.78 is 5.86. The number of hydrogen-bond acceptors (Lipinski definition) is 8. The van der Waals surface area contributed by atoms with Crippen LogP contribution in [0.15, 0.2) is 22.7 Å². The van der Waals surface area contributed by atoms with E-state index in [9.17, 15) is 14.7 Å². The highest BCUT2D eigenvalue weighted by Gasteiger charge is 2.43. The topological polar surface area (TPSA) is 149 Å². The summed E-state index contributed by atoms with van der Waals surface area (Å²) in [6.07, 6.45) is -2.83. The number of aliphatic carboxylic acids is 1. The van der Waals surface area contributed by atoms with Gasteiger partial charge in [-0.05, 0) is 35.8 Å². The molecule has 0 aliphatic rings. The maximum atomic E-state index is 12.1. The number of benzene rings is 1. The van der Waals surface area contributed by atoms with Gasteiger partial charge in [-0.1, -0.05) is 12.1 Å². The molecule has 0 aliphatic heterocycles. The third-order valence-electron chi connectivity index (χ3n) is 3.59. The van der Waals surface area contributed by atoms with Crippen molar-refractivity contribution >= 4 is 27.9 Å². The van der Waals surface area contributed by atoms with E-state index in [0.717, 1.165) is 0 Å². The van der Waals surface area contributed by atoms with Gasteiger partial charge in [-0.25, -0.2) is 9.59 Å². The summed E-state index contributed by atoms with van der Waals surface area (Å²) >= 11 is 3.34. The summed E-state index contributed by atoms with van der Waals surface area (Å²) in [4.78, 5) is 32.8.